The van der Waals surface area contributed by atoms with Crippen molar-refractivity contribution in [3.63, 3.8) is 0 Å². The number of benzene rings is 1. The van der Waals surface area contributed by atoms with Crippen LogP contribution in [-0.2, 0) is 32.6 Å². The number of nitrogens with one attached hydrogen (secondary N) is 1. The van der Waals surface area contributed by atoms with E-state index in [9.17, 15) is 9.59 Å². The normalized spacial score (nSPS) is 15.4. The topological polar surface area (TPSA) is 106 Å². The molecule has 1 saturated heterocycles. The highest BCUT2D eigenvalue weighted by Gasteiger charge is 2.25. The van der Waals surface area contributed by atoms with E-state index in [1.807, 2.05) is 58.2 Å². The molecule has 2 atom stereocenters. The number of hydrogen-bond donors (Lipinski definition) is 1. The maximum Gasteiger partial charge on any atom is 0.323 e. The van der Waals surface area contributed by atoms with Gasteiger partial charge in [0.05, 0.1) is 17.6 Å². The van der Waals surface area contributed by atoms with Crippen molar-refractivity contribution in [3.05, 3.63) is 46.4 Å². The van der Waals surface area contributed by atoms with Crippen molar-refractivity contribution in [2.24, 2.45) is 18.9 Å². The van der Waals surface area contributed by atoms with Crippen LogP contribution in [0.15, 0.2) is 35.3 Å². The molecule has 1 fully saturated rings. The Kier molecular flexibility index (Phi) is 12.4. The average molecular weight is 605 g/mol. The van der Waals surface area contributed by atoms with Crippen molar-refractivity contribution in [2.45, 2.75) is 59.2 Å². The molecule has 0 spiro atoms. The van der Waals surface area contributed by atoms with Crippen LogP contribution in [0.1, 0.15) is 39.2 Å². The average Bonchev–Trinajstić information content (AvgIpc) is 3.29. The third-order valence-corrected chi connectivity index (χ3v) is 7.50. The van der Waals surface area contributed by atoms with Gasteiger partial charge < -0.3 is 33.4 Å². The minimum absolute atomic E-state index is 0. The molecular formula is C31H45ClN4O6. The highest BCUT2D eigenvalue weighted by molar-refractivity contribution is 5.85. The number of aromatic nitrogens is 3. The van der Waals surface area contributed by atoms with Crippen LogP contribution < -0.4 is 15.6 Å². The van der Waals surface area contributed by atoms with Crippen LogP contribution >= 0.6 is 12.4 Å². The van der Waals surface area contributed by atoms with Crippen LogP contribution in [0, 0.1) is 18.8 Å². The predicted octanol–water partition coefficient (Wildman–Crippen LogP) is 4.13. The van der Waals surface area contributed by atoms with E-state index in [1.54, 1.807) is 18.7 Å². The van der Waals surface area contributed by atoms with Gasteiger partial charge in [-0.3, -0.25) is 9.59 Å². The van der Waals surface area contributed by atoms with Crippen molar-refractivity contribution >= 4 is 29.4 Å². The summed E-state index contributed by atoms with van der Waals surface area (Å²) in [6, 6.07) is 7.40. The molecular weight excluding hydrogens is 560 g/mol. The third-order valence-electron chi connectivity index (χ3n) is 7.50. The Labute approximate surface area is 254 Å². The molecule has 1 aromatic carbocycles. The number of ether oxygens (including phenoxy) is 4. The van der Waals surface area contributed by atoms with Crippen molar-refractivity contribution < 1.29 is 23.7 Å². The Balaban J connectivity index is 0.00000484. The molecule has 0 aliphatic carbocycles. The first-order valence-corrected chi connectivity index (χ1v) is 14.5. The summed E-state index contributed by atoms with van der Waals surface area (Å²) in [5.41, 5.74) is 3.44. The van der Waals surface area contributed by atoms with Gasteiger partial charge in [0.15, 0.2) is 0 Å². The highest BCUT2D eigenvalue weighted by Crippen LogP contribution is 2.30. The van der Waals surface area contributed by atoms with Crippen molar-refractivity contribution in [2.75, 3.05) is 40.1 Å². The molecule has 3 heterocycles. The van der Waals surface area contributed by atoms with Crippen LogP contribution in [0.4, 0.5) is 0 Å². The molecule has 0 radical (unpaired) electrons. The SMILES string of the molecule is COCC(C)OC(=O)C(NCCOc1ccc2nc(-c3cc(C)c(=O)n(C)c3)n(CC3CCOCC3)c2c1)C(C)C.Cl. The van der Waals surface area contributed by atoms with E-state index < -0.39 is 6.04 Å². The fourth-order valence-corrected chi connectivity index (χ4v) is 5.30. The molecule has 232 valence electrons. The molecule has 2 unspecified atom stereocenters. The molecule has 1 N–H and O–H groups in total. The molecule has 1 aliphatic heterocycles. The molecule has 0 amide bonds. The first-order valence-electron chi connectivity index (χ1n) is 14.5. The van der Waals surface area contributed by atoms with E-state index in [0.29, 0.717) is 31.2 Å². The number of carbonyl (C=O) groups excluding carboxylic acids is 1. The first-order chi connectivity index (χ1) is 19.7. The van der Waals surface area contributed by atoms with E-state index in [-0.39, 0.29) is 36.0 Å². The lowest BCUT2D eigenvalue weighted by molar-refractivity contribution is -0.154. The number of aryl methyl sites for hydroxylation is 2. The number of esters is 1. The third kappa shape index (κ3) is 8.34. The van der Waals surface area contributed by atoms with E-state index >= 15 is 0 Å². The lowest BCUT2D eigenvalue weighted by Crippen LogP contribution is -2.45. The van der Waals surface area contributed by atoms with E-state index in [4.69, 9.17) is 23.9 Å². The monoisotopic (exact) mass is 604 g/mol. The number of carbonyl (C=O) groups is 1. The Morgan fingerprint density at radius 2 is 1.93 bits per heavy atom. The second-order valence-electron chi connectivity index (χ2n) is 11.3. The second kappa shape index (κ2) is 15.5. The number of hydrogen-bond acceptors (Lipinski definition) is 8. The van der Waals surface area contributed by atoms with Gasteiger partial charge in [-0.05, 0) is 56.7 Å². The molecule has 0 saturated carbocycles. The van der Waals surface area contributed by atoms with Gasteiger partial charge in [0.2, 0.25) is 0 Å². The zero-order valence-electron chi connectivity index (χ0n) is 25.6. The molecule has 0 bridgehead atoms. The van der Waals surface area contributed by atoms with Crippen LogP contribution in [0.3, 0.4) is 0 Å². The van der Waals surface area contributed by atoms with Crippen molar-refractivity contribution in [1.29, 1.82) is 0 Å². The number of rotatable bonds is 13. The number of fused-ring (bicyclic) bond motifs is 1. The fraction of sp³-hybridized carbons (Fsp3) is 0.581. The summed E-state index contributed by atoms with van der Waals surface area (Å²) in [6.07, 6.45) is 3.54. The van der Waals surface area contributed by atoms with Crippen LogP contribution in [0.5, 0.6) is 5.75 Å². The Morgan fingerprint density at radius 1 is 1.19 bits per heavy atom. The van der Waals surface area contributed by atoms with Gasteiger partial charge in [-0.1, -0.05) is 13.8 Å². The quantitative estimate of drug-likeness (QED) is 0.229. The summed E-state index contributed by atoms with van der Waals surface area (Å²) < 4.78 is 26.2. The maximum atomic E-state index is 12.6. The number of halogens is 1. The lowest BCUT2D eigenvalue weighted by atomic mass is 10.00. The van der Waals surface area contributed by atoms with Crippen molar-refractivity contribution in [1.82, 2.24) is 19.4 Å². The van der Waals surface area contributed by atoms with Gasteiger partial charge in [-0.2, -0.15) is 0 Å². The van der Waals surface area contributed by atoms with Crippen LogP contribution in [-0.4, -0.2) is 72.3 Å². The standard InChI is InChI=1S/C31H44N4O6.ClH/c1-20(2)28(31(37)41-22(4)19-38-6)32-11-14-40-25-7-8-26-27(16-25)35(17-23-9-12-39-13-10-23)29(33-26)24-15-21(3)30(36)34(5)18-24;/h7-8,15-16,18,20,22-23,28,32H,9-14,17,19H2,1-6H3;1H. The lowest BCUT2D eigenvalue weighted by Gasteiger charge is -2.24. The highest BCUT2D eigenvalue weighted by atomic mass is 35.5. The fourth-order valence-electron chi connectivity index (χ4n) is 5.30. The minimum atomic E-state index is -0.436. The van der Waals surface area contributed by atoms with Gasteiger partial charge in [0, 0.05) is 63.9 Å². The van der Waals surface area contributed by atoms with Crippen LogP contribution in [0.25, 0.3) is 22.4 Å². The van der Waals surface area contributed by atoms with E-state index in [2.05, 4.69) is 9.88 Å². The Bertz CT molecular complexity index is 1360. The van der Waals surface area contributed by atoms with Gasteiger partial charge >= 0.3 is 5.97 Å². The Hall–Kier alpha value is -2.92. The zero-order chi connectivity index (χ0) is 29.5. The first kappa shape index (κ1) is 33.6. The maximum absolute atomic E-state index is 12.6. The molecule has 10 nitrogen and oxygen atoms in total. The largest absolute Gasteiger partial charge is 0.492 e. The summed E-state index contributed by atoms with van der Waals surface area (Å²) in [7, 11) is 3.36. The summed E-state index contributed by atoms with van der Waals surface area (Å²) in [6.45, 7) is 11.2. The molecule has 4 rings (SSSR count). The zero-order valence-corrected chi connectivity index (χ0v) is 26.4. The summed E-state index contributed by atoms with van der Waals surface area (Å²) in [4.78, 5) is 30.0. The molecule has 2 aromatic heterocycles. The van der Waals surface area contributed by atoms with Crippen LogP contribution in [0.2, 0.25) is 0 Å². The second-order valence-corrected chi connectivity index (χ2v) is 11.3. The smallest absolute Gasteiger partial charge is 0.323 e. The molecule has 1 aliphatic rings. The van der Waals surface area contributed by atoms with E-state index in [1.165, 1.54) is 0 Å². The number of nitrogens with zero attached hydrogens (tertiary/aromatic N) is 3. The predicted molar refractivity (Wildman–Crippen MR) is 165 cm³/mol. The van der Waals surface area contributed by atoms with E-state index in [0.717, 1.165) is 60.8 Å². The summed E-state index contributed by atoms with van der Waals surface area (Å²) in [5.74, 6) is 1.82. The minimum Gasteiger partial charge on any atom is -0.492 e. The number of methoxy groups -OCH3 is 1. The summed E-state index contributed by atoms with van der Waals surface area (Å²) >= 11 is 0. The van der Waals surface area contributed by atoms with Gasteiger partial charge in [-0.25, -0.2) is 4.98 Å². The van der Waals surface area contributed by atoms with Gasteiger partial charge in [0.1, 0.15) is 30.3 Å². The molecule has 3 aromatic rings. The Morgan fingerprint density at radius 3 is 2.60 bits per heavy atom. The van der Waals surface area contributed by atoms with Crippen molar-refractivity contribution in [3.8, 4) is 17.1 Å². The van der Waals surface area contributed by atoms with Gasteiger partial charge in [-0.15, -0.1) is 12.4 Å². The summed E-state index contributed by atoms with van der Waals surface area (Å²) in [5, 5.41) is 3.28. The molecule has 42 heavy (non-hydrogen) atoms. The number of imidazole rings is 1. The van der Waals surface area contributed by atoms with Gasteiger partial charge in [0.25, 0.3) is 5.56 Å². The molecule has 11 heteroatoms. The number of pyridine rings is 1.